The van der Waals surface area contributed by atoms with Crippen molar-refractivity contribution in [2.45, 2.75) is 13.3 Å². The highest BCUT2D eigenvalue weighted by Gasteiger charge is 2.17. The van der Waals surface area contributed by atoms with Gasteiger partial charge in [0.15, 0.2) is 0 Å². The summed E-state index contributed by atoms with van der Waals surface area (Å²) in [7, 11) is 0. The van der Waals surface area contributed by atoms with Gasteiger partial charge in [0.05, 0.1) is 30.8 Å². The van der Waals surface area contributed by atoms with E-state index in [0.717, 1.165) is 16.5 Å². The van der Waals surface area contributed by atoms with Crippen molar-refractivity contribution in [3.8, 4) is 11.1 Å². The van der Waals surface area contributed by atoms with Crippen LogP contribution < -0.4 is 16.0 Å². The van der Waals surface area contributed by atoms with E-state index >= 15 is 0 Å². The normalized spacial score (nSPS) is 11.1. The summed E-state index contributed by atoms with van der Waals surface area (Å²) in [5, 5.41) is 14.8. The summed E-state index contributed by atoms with van der Waals surface area (Å²) in [5.74, 6) is -2.03. The van der Waals surface area contributed by atoms with Crippen molar-refractivity contribution in [1.29, 1.82) is 0 Å². The highest BCUT2D eigenvalue weighted by Crippen LogP contribution is 2.35. The molecule has 0 unspecified atom stereocenters. The number of fused-ring (bicyclic) bond motifs is 2. The SMILES string of the molecule is Cc1c(CC(=O)NCC(=O)[O-])c(=O)oc2cc3occ(-c4ccc(Cl)cc4)c3cc12. The van der Waals surface area contributed by atoms with Crippen LogP contribution in [0.15, 0.2) is 56.3 Å². The molecular formula is C22H15ClNO6-. The molecule has 0 aliphatic carbocycles. The molecule has 0 aliphatic rings. The number of nitrogens with one attached hydrogen (secondary N) is 1. The Morgan fingerprint density at radius 1 is 1.10 bits per heavy atom. The molecular weight excluding hydrogens is 410 g/mol. The van der Waals surface area contributed by atoms with Gasteiger partial charge in [-0.15, -0.1) is 0 Å². The molecule has 2 aromatic carbocycles. The zero-order valence-corrected chi connectivity index (χ0v) is 16.5. The van der Waals surface area contributed by atoms with Gasteiger partial charge in [-0.3, -0.25) is 4.79 Å². The summed E-state index contributed by atoms with van der Waals surface area (Å²) in [6.45, 7) is 1.09. The maximum atomic E-state index is 12.4. The number of carbonyl (C=O) groups is 2. The number of rotatable bonds is 5. The van der Waals surface area contributed by atoms with Crippen LogP contribution in [-0.4, -0.2) is 18.4 Å². The summed E-state index contributed by atoms with van der Waals surface area (Å²) < 4.78 is 11.0. The Morgan fingerprint density at radius 3 is 2.53 bits per heavy atom. The van der Waals surface area contributed by atoms with E-state index < -0.39 is 24.0 Å². The van der Waals surface area contributed by atoms with E-state index in [0.29, 0.717) is 27.1 Å². The zero-order chi connectivity index (χ0) is 21.4. The number of amides is 1. The van der Waals surface area contributed by atoms with E-state index in [9.17, 15) is 19.5 Å². The lowest BCUT2D eigenvalue weighted by molar-refractivity contribution is -0.304. The van der Waals surface area contributed by atoms with E-state index in [2.05, 4.69) is 5.32 Å². The van der Waals surface area contributed by atoms with E-state index in [1.807, 2.05) is 18.2 Å². The van der Waals surface area contributed by atoms with E-state index in [4.69, 9.17) is 20.4 Å². The average Bonchev–Trinajstić information content (AvgIpc) is 3.12. The van der Waals surface area contributed by atoms with Crippen LogP contribution in [0.25, 0.3) is 33.1 Å². The number of aryl methyl sites for hydroxylation is 1. The number of hydrogen-bond donors (Lipinski definition) is 1. The van der Waals surface area contributed by atoms with Gasteiger partial charge in [0.1, 0.15) is 11.2 Å². The Balaban J connectivity index is 1.81. The molecule has 0 saturated heterocycles. The van der Waals surface area contributed by atoms with Crippen molar-refractivity contribution in [2.75, 3.05) is 6.54 Å². The molecule has 1 amide bonds. The van der Waals surface area contributed by atoms with Crippen LogP contribution >= 0.6 is 11.6 Å². The summed E-state index contributed by atoms with van der Waals surface area (Å²) in [5.41, 5.74) is 2.73. The second kappa shape index (κ2) is 7.68. The summed E-state index contributed by atoms with van der Waals surface area (Å²) in [6, 6.07) is 10.8. The van der Waals surface area contributed by atoms with E-state index in [1.54, 1.807) is 31.4 Å². The van der Waals surface area contributed by atoms with Crippen LogP contribution in [0.5, 0.6) is 0 Å². The third kappa shape index (κ3) is 3.67. The van der Waals surface area contributed by atoms with Crippen LogP contribution in [0.3, 0.4) is 0 Å². The molecule has 0 radical (unpaired) electrons. The lowest BCUT2D eigenvalue weighted by atomic mass is 9.99. The number of aliphatic carboxylic acids is 1. The molecule has 2 aromatic heterocycles. The minimum Gasteiger partial charge on any atom is -0.548 e. The first-order valence-electron chi connectivity index (χ1n) is 9.03. The number of carboxylic acid groups (broad SMARTS) is 1. The molecule has 0 aliphatic heterocycles. The molecule has 2 heterocycles. The third-order valence-corrected chi connectivity index (χ3v) is 5.16. The Hall–Kier alpha value is -3.58. The number of carbonyl (C=O) groups excluding carboxylic acids is 2. The lowest BCUT2D eigenvalue weighted by Crippen LogP contribution is -2.38. The maximum absolute atomic E-state index is 12.4. The van der Waals surface area contributed by atoms with Crippen molar-refractivity contribution in [2.24, 2.45) is 0 Å². The molecule has 0 fully saturated rings. The van der Waals surface area contributed by atoms with Crippen molar-refractivity contribution in [3.63, 3.8) is 0 Å². The van der Waals surface area contributed by atoms with E-state index in [1.165, 1.54) is 0 Å². The van der Waals surface area contributed by atoms with Crippen molar-refractivity contribution < 1.29 is 23.5 Å². The Morgan fingerprint density at radius 2 is 1.83 bits per heavy atom. The number of carboxylic acids is 1. The number of halogens is 1. The fourth-order valence-electron chi connectivity index (χ4n) is 3.36. The monoisotopic (exact) mass is 424 g/mol. The van der Waals surface area contributed by atoms with Crippen LogP contribution in [0.1, 0.15) is 11.1 Å². The van der Waals surface area contributed by atoms with Crippen LogP contribution in [0, 0.1) is 6.92 Å². The average molecular weight is 425 g/mol. The largest absolute Gasteiger partial charge is 0.548 e. The number of hydrogen-bond acceptors (Lipinski definition) is 6. The quantitative estimate of drug-likeness (QED) is 0.493. The first-order chi connectivity index (χ1) is 14.3. The summed E-state index contributed by atoms with van der Waals surface area (Å²) >= 11 is 5.97. The molecule has 0 bridgehead atoms. The molecule has 4 rings (SSSR count). The lowest BCUT2D eigenvalue weighted by Gasteiger charge is -2.09. The van der Waals surface area contributed by atoms with Gasteiger partial charge in [-0.2, -0.15) is 0 Å². The maximum Gasteiger partial charge on any atom is 0.340 e. The number of furan rings is 1. The fourth-order valence-corrected chi connectivity index (χ4v) is 3.49. The van der Waals surface area contributed by atoms with Gasteiger partial charge in [0.2, 0.25) is 5.91 Å². The summed E-state index contributed by atoms with van der Waals surface area (Å²) in [4.78, 5) is 34.9. The Bertz CT molecular complexity index is 1350. The third-order valence-electron chi connectivity index (χ3n) is 4.90. The van der Waals surface area contributed by atoms with Gasteiger partial charge in [-0.05, 0) is 36.2 Å². The van der Waals surface area contributed by atoms with Crippen molar-refractivity contribution in [3.05, 3.63) is 69.2 Å². The smallest absolute Gasteiger partial charge is 0.340 e. The minimum atomic E-state index is -1.41. The van der Waals surface area contributed by atoms with Gasteiger partial charge < -0.3 is 24.1 Å². The van der Waals surface area contributed by atoms with Gasteiger partial charge in [0, 0.05) is 27.4 Å². The standard InChI is InChI=1S/C22H16ClNO6/c1-11-14-6-16-17(12-2-4-13(23)5-3-12)10-29-18(16)8-19(14)30-22(28)15(11)7-20(25)24-9-21(26)27/h2-6,8,10H,7,9H2,1H3,(H,24,25)(H,26,27)/p-1. The molecule has 7 nitrogen and oxygen atoms in total. The second-order valence-corrected chi connectivity index (χ2v) is 7.26. The topological polar surface area (TPSA) is 113 Å². The first kappa shape index (κ1) is 19.7. The van der Waals surface area contributed by atoms with Gasteiger partial charge >= 0.3 is 5.63 Å². The summed E-state index contributed by atoms with van der Waals surface area (Å²) in [6.07, 6.45) is 1.32. The van der Waals surface area contributed by atoms with Crippen molar-refractivity contribution >= 4 is 45.4 Å². The Kier molecular flexibility index (Phi) is 5.05. The molecule has 152 valence electrons. The molecule has 4 aromatic rings. The van der Waals surface area contributed by atoms with Gasteiger partial charge in [0.25, 0.3) is 0 Å². The molecule has 8 heteroatoms. The first-order valence-corrected chi connectivity index (χ1v) is 9.41. The molecule has 0 atom stereocenters. The predicted octanol–water partition coefficient (Wildman–Crippen LogP) is 2.58. The Labute approximate surface area is 174 Å². The molecule has 0 saturated carbocycles. The highest BCUT2D eigenvalue weighted by atomic mass is 35.5. The second-order valence-electron chi connectivity index (χ2n) is 6.82. The van der Waals surface area contributed by atoms with Crippen LogP contribution in [0.2, 0.25) is 5.02 Å². The van der Waals surface area contributed by atoms with E-state index in [-0.39, 0.29) is 12.0 Å². The predicted molar refractivity (Wildman–Crippen MR) is 109 cm³/mol. The highest BCUT2D eigenvalue weighted by molar-refractivity contribution is 6.30. The van der Waals surface area contributed by atoms with Crippen LogP contribution in [-0.2, 0) is 16.0 Å². The van der Waals surface area contributed by atoms with Gasteiger partial charge in [-0.25, -0.2) is 4.79 Å². The molecule has 0 spiro atoms. The van der Waals surface area contributed by atoms with Gasteiger partial charge in [-0.1, -0.05) is 23.7 Å². The zero-order valence-electron chi connectivity index (χ0n) is 15.8. The van der Waals surface area contributed by atoms with Crippen LogP contribution in [0.4, 0.5) is 0 Å². The molecule has 1 N–H and O–H groups in total. The van der Waals surface area contributed by atoms with Crippen molar-refractivity contribution in [1.82, 2.24) is 5.32 Å². The number of benzene rings is 2. The minimum absolute atomic E-state index is 0.161. The fraction of sp³-hybridized carbons (Fsp3) is 0.136. The molecule has 30 heavy (non-hydrogen) atoms.